The van der Waals surface area contributed by atoms with Crippen LogP contribution in [0.4, 0.5) is 0 Å². The first-order chi connectivity index (χ1) is 12.9. The number of hydrogen-bond acceptors (Lipinski definition) is 3. The number of aliphatic hydroxyl groups is 1. The molecule has 0 unspecified atom stereocenters. The molecule has 1 N–H and O–H groups in total. The van der Waals surface area contributed by atoms with Crippen LogP contribution in [0.5, 0.6) is 0 Å². The van der Waals surface area contributed by atoms with Gasteiger partial charge in [-0.25, -0.2) is 0 Å². The molecule has 4 heteroatoms. The first-order valence-corrected chi connectivity index (χ1v) is 14.6. The quantitative estimate of drug-likeness (QED) is 0.463. The Morgan fingerprint density at radius 2 is 1.75 bits per heavy atom. The molecule has 4 rings (SSSR count). The van der Waals surface area contributed by atoms with Crippen LogP contribution in [0, 0.1) is 11.8 Å². The van der Waals surface area contributed by atoms with E-state index < -0.39 is 20.0 Å². The molecule has 4 aliphatic rings. The van der Waals surface area contributed by atoms with E-state index in [-0.39, 0.29) is 16.7 Å². The molecule has 1 saturated carbocycles. The highest BCUT2D eigenvalue weighted by molar-refractivity contribution is 6.74. The standard InChI is InChI=1S/C24H42O3Si/c1-16-13-14-18-20(16)21(25)24(17-11-9-8-10-12-17)15-19(23(18,5)27-24)26-28(6,7)22(2,3)4/h17-19,21,25H,8-15H2,1-7H3/t18-,19-,21+,23+,24-/m1/s1. The first-order valence-electron chi connectivity index (χ1n) is 11.7. The van der Waals surface area contributed by atoms with Gasteiger partial charge in [0, 0.05) is 12.3 Å². The van der Waals surface area contributed by atoms with Crippen molar-refractivity contribution in [1.29, 1.82) is 0 Å². The zero-order chi connectivity index (χ0) is 20.5. The van der Waals surface area contributed by atoms with E-state index in [4.69, 9.17) is 9.16 Å². The van der Waals surface area contributed by atoms with Crippen molar-refractivity contribution in [3.63, 3.8) is 0 Å². The molecule has 28 heavy (non-hydrogen) atoms. The van der Waals surface area contributed by atoms with Crippen LogP contribution in [0.25, 0.3) is 0 Å². The largest absolute Gasteiger partial charge is 0.411 e. The third-order valence-electron chi connectivity index (χ3n) is 9.22. The molecule has 5 atom stereocenters. The van der Waals surface area contributed by atoms with Gasteiger partial charge in [0.15, 0.2) is 8.32 Å². The fourth-order valence-electron chi connectivity index (χ4n) is 6.47. The third-order valence-corrected chi connectivity index (χ3v) is 13.7. The lowest BCUT2D eigenvalue weighted by molar-refractivity contribution is -0.218. The fraction of sp³-hybridized carbons (Fsp3) is 0.917. The SMILES string of the molecule is CC1=C2[C@@H](CC1)[C@]1(C)O[C@@](C3CCCCC3)(C[C@H]1O[Si](C)(C)C(C)(C)C)[C@H]2O. The lowest BCUT2D eigenvalue weighted by atomic mass is 9.69. The van der Waals surface area contributed by atoms with Crippen LogP contribution in [0.15, 0.2) is 11.1 Å². The number of hydrogen-bond donors (Lipinski definition) is 1. The van der Waals surface area contributed by atoms with Crippen LogP contribution in [-0.4, -0.2) is 36.8 Å². The van der Waals surface area contributed by atoms with Crippen LogP contribution in [-0.2, 0) is 9.16 Å². The van der Waals surface area contributed by atoms with E-state index in [0.29, 0.717) is 11.8 Å². The Balaban J connectivity index is 1.75. The summed E-state index contributed by atoms with van der Waals surface area (Å²) in [5, 5.41) is 11.9. The minimum absolute atomic E-state index is 0.0957. The highest BCUT2D eigenvalue weighted by Crippen LogP contribution is 2.62. The molecule has 2 heterocycles. The number of ether oxygens (including phenoxy) is 1. The molecule has 2 aliphatic heterocycles. The Kier molecular flexibility index (Phi) is 5.02. The molecule has 160 valence electrons. The van der Waals surface area contributed by atoms with Gasteiger partial charge in [-0.05, 0) is 69.2 Å². The molecular formula is C24H42O3Si. The van der Waals surface area contributed by atoms with E-state index in [2.05, 4.69) is 47.7 Å². The van der Waals surface area contributed by atoms with Crippen molar-refractivity contribution in [2.45, 2.75) is 128 Å². The highest BCUT2D eigenvalue weighted by Gasteiger charge is 2.69. The maximum atomic E-state index is 11.7. The molecule has 3 nitrogen and oxygen atoms in total. The first kappa shape index (κ1) is 21.1. The monoisotopic (exact) mass is 406 g/mol. The molecule has 0 radical (unpaired) electrons. The lowest BCUT2D eigenvalue weighted by Gasteiger charge is -2.51. The summed E-state index contributed by atoms with van der Waals surface area (Å²) in [6.07, 6.45) is 8.98. The normalized spacial score (nSPS) is 42.2. The van der Waals surface area contributed by atoms with E-state index >= 15 is 0 Å². The second kappa shape index (κ2) is 6.67. The predicted molar refractivity (Wildman–Crippen MR) is 117 cm³/mol. The van der Waals surface area contributed by atoms with Crippen molar-refractivity contribution < 1.29 is 14.3 Å². The van der Waals surface area contributed by atoms with Gasteiger partial charge in [-0.2, -0.15) is 0 Å². The second-order valence-electron chi connectivity index (χ2n) is 11.9. The Morgan fingerprint density at radius 3 is 2.36 bits per heavy atom. The lowest BCUT2D eigenvalue weighted by Crippen LogP contribution is -2.59. The van der Waals surface area contributed by atoms with Crippen LogP contribution in [0.2, 0.25) is 18.1 Å². The fourth-order valence-corrected chi connectivity index (χ4v) is 7.85. The van der Waals surface area contributed by atoms with Crippen molar-refractivity contribution in [1.82, 2.24) is 0 Å². The summed E-state index contributed by atoms with van der Waals surface area (Å²) in [5.74, 6) is 0.780. The van der Waals surface area contributed by atoms with Crippen LogP contribution in [0.1, 0.15) is 86.0 Å². The van der Waals surface area contributed by atoms with Crippen LogP contribution >= 0.6 is 0 Å². The number of fused-ring (bicyclic) bond motifs is 4. The summed E-state index contributed by atoms with van der Waals surface area (Å²) in [5.41, 5.74) is 2.01. The average Bonchev–Trinajstić information content (AvgIpc) is 3.12. The van der Waals surface area contributed by atoms with E-state index in [1.165, 1.54) is 43.3 Å². The second-order valence-corrected chi connectivity index (χ2v) is 16.6. The van der Waals surface area contributed by atoms with Crippen molar-refractivity contribution in [3.05, 3.63) is 11.1 Å². The highest BCUT2D eigenvalue weighted by atomic mass is 28.4. The summed E-state index contributed by atoms with van der Waals surface area (Å²) in [6.45, 7) is 16.2. The maximum Gasteiger partial charge on any atom is 0.192 e. The van der Waals surface area contributed by atoms with Gasteiger partial charge in [0.25, 0.3) is 0 Å². The van der Waals surface area contributed by atoms with Crippen LogP contribution < -0.4 is 0 Å². The van der Waals surface area contributed by atoms with Gasteiger partial charge in [0.2, 0.25) is 0 Å². The topological polar surface area (TPSA) is 38.7 Å². The van der Waals surface area contributed by atoms with Crippen molar-refractivity contribution >= 4 is 8.32 Å². The molecule has 0 amide bonds. The summed E-state index contributed by atoms with van der Waals surface area (Å²) >= 11 is 0. The molecule has 2 saturated heterocycles. The average molecular weight is 407 g/mol. The van der Waals surface area contributed by atoms with Gasteiger partial charge in [0.1, 0.15) is 11.7 Å². The Hall–Kier alpha value is -0.163. The van der Waals surface area contributed by atoms with E-state index in [1.54, 1.807) is 0 Å². The van der Waals surface area contributed by atoms with Gasteiger partial charge in [-0.3, -0.25) is 0 Å². The smallest absolute Gasteiger partial charge is 0.192 e. The Labute approximate surface area is 173 Å². The van der Waals surface area contributed by atoms with Gasteiger partial charge in [0.05, 0.1) is 11.7 Å². The zero-order valence-corrected chi connectivity index (χ0v) is 20.2. The van der Waals surface area contributed by atoms with Crippen molar-refractivity contribution in [2.75, 3.05) is 0 Å². The molecule has 2 bridgehead atoms. The Bertz CT molecular complexity index is 657. The van der Waals surface area contributed by atoms with Gasteiger partial charge < -0.3 is 14.3 Å². The summed E-state index contributed by atoms with van der Waals surface area (Å²) in [6, 6.07) is 0. The predicted octanol–water partition coefficient (Wildman–Crippen LogP) is 5.98. The van der Waals surface area contributed by atoms with Crippen molar-refractivity contribution in [3.8, 4) is 0 Å². The molecule has 3 fully saturated rings. The van der Waals surface area contributed by atoms with E-state index in [1.807, 2.05) is 0 Å². The minimum atomic E-state index is -1.92. The van der Waals surface area contributed by atoms with Gasteiger partial charge in [-0.15, -0.1) is 0 Å². The molecule has 0 spiro atoms. The summed E-state index contributed by atoms with van der Waals surface area (Å²) in [4.78, 5) is 0. The van der Waals surface area contributed by atoms with E-state index in [0.717, 1.165) is 19.3 Å². The molecule has 0 aromatic heterocycles. The maximum absolute atomic E-state index is 11.7. The zero-order valence-electron chi connectivity index (χ0n) is 19.2. The molecule has 0 aromatic rings. The van der Waals surface area contributed by atoms with Gasteiger partial charge in [-0.1, -0.05) is 45.6 Å². The van der Waals surface area contributed by atoms with Crippen molar-refractivity contribution in [2.24, 2.45) is 11.8 Å². The minimum Gasteiger partial charge on any atom is -0.411 e. The number of aliphatic hydroxyl groups excluding tert-OH is 1. The van der Waals surface area contributed by atoms with E-state index in [9.17, 15) is 5.11 Å². The molecule has 0 aromatic carbocycles. The number of rotatable bonds is 3. The molecular weight excluding hydrogens is 364 g/mol. The Morgan fingerprint density at radius 1 is 1.11 bits per heavy atom. The summed E-state index contributed by atoms with van der Waals surface area (Å²) in [7, 11) is -1.92. The third kappa shape index (κ3) is 2.92. The number of allylic oxidation sites excluding steroid dienone is 1. The van der Waals surface area contributed by atoms with Gasteiger partial charge >= 0.3 is 0 Å². The van der Waals surface area contributed by atoms with Crippen LogP contribution in [0.3, 0.4) is 0 Å². The molecule has 2 aliphatic carbocycles. The summed E-state index contributed by atoms with van der Waals surface area (Å²) < 4.78 is 14.1.